The molecule has 0 bridgehead atoms. The summed E-state index contributed by atoms with van der Waals surface area (Å²) in [6, 6.07) is 6.83. The summed E-state index contributed by atoms with van der Waals surface area (Å²) in [6.45, 7) is 3.21. The molecule has 2 aliphatic rings. The van der Waals surface area contributed by atoms with E-state index in [1.165, 1.54) is 18.9 Å². The molecule has 0 unspecified atom stereocenters. The number of imidazole rings is 1. The van der Waals surface area contributed by atoms with E-state index >= 15 is 0 Å². The molecule has 1 saturated carbocycles. The second kappa shape index (κ2) is 9.45. The van der Waals surface area contributed by atoms with Gasteiger partial charge >= 0.3 is 0 Å². The third kappa shape index (κ3) is 4.72. The van der Waals surface area contributed by atoms with Crippen LogP contribution in [-0.4, -0.2) is 44.4 Å². The highest BCUT2D eigenvalue weighted by Gasteiger charge is 2.31. The van der Waals surface area contributed by atoms with Gasteiger partial charge in [0.05, 0.1) is 12.3 Å². The average molecular weight is 459 g/mol. The molecule has 32 heavy (non-hydrogen) atoms. The maximum absolute atomic E-state index is 14.1. The molecule has 8 heteroatoms. The number of carbonyl (C=O) groups excluding carboxylic acids is 1. The van der Waals surface area contributed by atoms with Crippen molar-refractivity contribution in [2.75, 3.05) is 13.2 Å². The van der Waals surface area contributed by atoms with Crippen molar-refractivity contribution in [1.29, 1.82) is 0 Å². The van der Waals surface area contributed by atoms with Crippen molar-refractivity contribution in [1.82, 2.24) is 19.3 Å². The summed E-state index contributed by atoms with van der Waals surface area (Å²) in [5.74, 6) is 0.741. The summed E-state index contributed by atoms with van der Waals surface area (Å²) in [6.07, 6.45) is 9.54. The SMILES string of the molecule is Cc1ccc(OCC2CC2)c(C(=O)N2CCCC[C@H]2Cc2cn3cccc(F)c3n2)n1.Cl. The molecular formula is C24H28ClFN4O2. The van der Waals surface area contributed by atoms with Crippen LogP contribution in [0.15, 0.2) is 36.7 Å². The van der Waals surface area contributed by atoms with Crippen LogP contribution in [0.3, 0.4) is 0 Å². The summed E-state index contributed by atoms with van der Waals surface area (Å²) >= 11 is 0. The zero-order chi connectivity index (χ0) is 21.4. The molecule has 1 aliphatic carbocycles. The monoisotopic (exact) mass is 458 g/mol. The molecule has 1 atom stereocenters. The van der Waals surface area contributed by atoms with Crippen LogP contribution in [0.5, 0.6) is 5.75 Å². The number of piperidine rings is 1. The summed E-state index contributed by atoms with van der Waals surface area (Å²) < 4.78 is 21.7. The predicted octanol–water partition coefficient (Wildman–Crippen LogP) is 4.62. The first kappa shape index (κ1) is 22.5. The number of hydrogen-bond donors (Lipinski definition) is 0. The van der Waals surface area contributed by atoms with Crippen LogP contribution < -0.4 is 4.74 Å². The minimum absolute atomic E-state index is 0. The molecule has 2 fully saturated rings. The van der Waals surface area contributed by atoms with Crippen LogP contribution in [0.1, 0.15) is 54.0 Å². The lowest BCUT2D eigenvalue weighted by Crippen LogP contribution is -2.45. The van der Waals surface area contributed by atoms with E-state index in [1.54, 1.807) is 16.7 Å². The number of fused-ring (bicyclic) bond motifs is 1. The first-order valence-corrected chi connectivity index (χ1v) is 11.1. The summed E-state index contributed by atoms with van der Waals surface area (Å²) in [5.41, 5.74) is 2.31. The van der Waals surface area contributed by atoms with Crippen molar-refractivity contribution < 1.29 is 13.9 Å². The highest BCUT2D eigenvalue weighted by Crippen LogP contribution is 2.31. The third-order valence-electron chi connectivity index (χ3n) is 6.19. The molecule has 4 heterocycles. The molecule has 3 aromatic rings. The zero-order valence-electron chi connectivity index (χ0n) is 18.2. The smallest absolute Gasteiger partial charge is 0.276 e. The fraction of sp³-hybridized carbons (Fsp3) is 0.458. The standard InChI is InChI=1S/C24H27FN4O2.ClH/c1-16-7-10-21(31-15-17-8-9-17)22(26-16)24(30)29-12-3-2-5-19(29)13-18-14-28-11-4-6-20(25)23(28)27-18;/h4,6-7,10-11,14,17,19H,2-3,5,8-9,12-13,15H2,1H3;1H/t19-;/m0./s1. The van der Waals surface area contributed by atoms with Crippen LogP contribution in [0.2, 0.25) is 0 Å². The number of aromatic nitrogens is 3. The number of amides is 1. The van der Waals surface area contributed by atoms with Crippen LogP contribution in [0.25, 0.3) is 5.65 Å². The van der Waals surface area contributed by atoms with Gasteiger partial charge in [0, 0.05) is 37.1 Å². The summed E-state index contributed by atoms with van der Waals surface area (Å²) in [7, 11) is 0. The fourth-order valence-corrected chi connectivity index (χ4v) is 4.29. The van der Waals surface area contributed by atoms with Crippen molar-refractivity contribution in [3.05, 3.63) is 59.6 Å². The van der Waals surface area contributed by atoms with Gasteiger partial charge in [-0.1, -0.05) is 0 Å². The minimum atomic E-state index is -0.341. The number of rotatable bonds is 6. The fourth-order valence-electron chi connectivity index (χ4n) is 4.29. The Morgan fingerprint density at radius 3 is 2.81 bits per heavy atom. The van der Waals surface area contributed by atoms with Gasteiger partial charge in [-0.15, -0.1) is 12.4 Å². The number of aryl methyl sites for hydroxylation is 1. The van der Waals surface area contributed by atoms with Gasteiger partial charge in [0.1, 0.15) is 0 Å². The van der Waals surface area contributed by atoms with E-state index in [-0.39, 0.29) is 30.2 Å². The zero-order valence-corrected chi connectivity index (χ0v) is 19.0. The molecule has 1 aliphatic heterocycles. The first-order valence-electron chi connectivity index (χ1n) is 11.1. The summed E-state index contributed by atoms with van der Waals surface area (Å²) in [4.78, 5) is 24.5. The van der Waals surface area contributed by atoms with Crippen LogP contribution in [0, 0.1) is 18.7 Å². The number of pyridine rings is 2. The number of hydrogen-bond acceptors (Lipinski definition) is 4. The molecule has 1 saturated heterocycles. The van der Waals surface area contributed by atoms with Crippen molar-refractivity contribution in [2.45, 2.75) is 51.5 Å². The molecule has 6 nitrogen and oxygen atoms in total. The number of nitrogens with zero attached hydrogens (tertiary/aromatic N) is 4. The predicted molar refractivity (Wildman–Crippen MR) is 122 cm³/mol. The lowest BCUT2D eigenvalue weighted by molar-refractivity contribution is 0.0601. The van der Waals surface area contributed by atoms with Crippen molar-refractivity contribution in [2.24, 2.45) is 5.92 Å². The second-order valence-electron chi connectivity index (χ2n) is 8.73. The topological polar surface area (TPSA) is 59.7 Å². The minimum Gasteiger partial charge on any atom is -0.491 e. The molecule has 5 rings (SSSR count). The van der Waals surface area contributed by atoms with Crippen molar-refractivity contribution in [3.8, 4) is 5.75 Å². The Labute approximate surface area is 193 Å². The Balaban J connectivity index is 0.00000245. The number of halogens is 2. The normalized spacial score (nSPS) is 18.4. The van der Waals surface area contributed by atoms with E-state index in [0.717, 1.165) is 30.7 Å². The Morgan fingerprint density at radius 2 is 2.03 bits per heavy atom. The molecular weight excluding hydrogens is 431 g/mol. The van der Waals surface area contributed by atoms with Crippen molar-refractivity contribution in [3.63, 3.8) is 0 Å². The van der Waals surface area contributed by atoms with Crippen LogP contribution >= 0.6 is 12.4 Å². The number of ether oxygens (including phenoxy) is 1. The van der Waals surface area contributed by atoms with Gasteiger partial charge in [-0.25, -0.2) is 14.4 Å². The number of carbonyl (C=O) groups is 1. The Kier molecular flexibility index (Phi) is 6.65. The largest absolute Gasteiger partial charge is 0.491 e. The van der Waals surface area contributed by atoms with E-state index in [9.17, 15) is 9.18 Å². The number of likely N-dealkylation sites (tertiary alicyclic amines) is 1. The van der Waals surface area contributed by atoms with Gasteiger partial charge in [-0.05, 0) is 69.2 Å². The van der Waals surface area contributed by atoms with E-state index in [2.05, 4.69) is 9.97 Å². The van der Waals surface area contributed by atoms with Gasteiger partial charge in [0.25, 0.3) is 5.91 Å². The van der Waals surface area contributed by atoms with E-state index < -0.39 is 0 Å². The van der Waals surface area contributed by atoms with Gasteiger partial charge in [0.2, 0.25) is 0 Å². The third-order valence-corrected chi connectivity index (χ3v) is 6.19. The quantitative estimate of drug-likeness (QED) is 0.540. The highest BCUT2D eigenvalue weighted by molar-refractivity contribution is 5.95. The van der Waals surface area contributed by atoms with Crippen LogP contribution in [-0.2, 0) is 6.42 Å². The van der Waals surface area contributed by atoms with Crippen LogP contribution in [0.4, 0.5) is 4.39 Å². The van der Waals surface area contributed by atoms with E-state index in [0.29, 0.717) is 42.6 Å². The van der Waals surface area contributed by atoms with Gasteiger partial charge in [-0.3, -0.25) is 4.79 Å². The molecule has 1 amide bonds. The lowest BCUT2D eigenvalue weighted by Gasteiger charge is -2.35. The molecule has 0 radical (unpaired) electrons. The van der Waals surface area contributed by atoms with E-state index in [4.69, 9.17) is 4.74 Å². The molecule has 0 aromatic carbocycles. The van der Waals surface area contributed by atoms with E-state index in [1.807, 2.05) is 30.2 Å². The molecule has 0 spiro atoms. The maximum atomic E-state index is 14.1. The average Bonchev–Trinajstić information content (AvgIpc) is 3.51. The highest BCUT2D eigenvalue weighted by atomic mass is 35.5. The van der Waals surface area contributed by atoms with Gasteiger partial charge in [-0.2, -0.15) is 0 Å². The maximum Gasteiger partial charge on any atom is 0.276 e. The molecule has 170 valence electrons. The molecule has 3 aromatic heterocycles. The Morgan fingerprint density at radius 1 is 1.19 bits per heavy atom. The Hall–Kier alpha value is -2.67. The summed E-state index contributed by atoms with van der Waals surface area (Å²) in [5, 5.41) is 0. The first-order chi connectivity index (χ1) is 15.1. The molecule has 0 N–H and O–H groups in total. The van der Waals surface area contributed by atoms with Gasteiger partial charge in [0.15, 0.2) is 22.9 Å². The van der Waals surface area contributed by atoms with Gasteiger partial charge < -0.3 is 14.0 Å². The second-order valence-corrected chi connectivity index (χ2v) is 8.73. The Bertz CT molecular complexity index is 1110. The van der Waals surface area contributed by atoms with Crippen molar-refractivity contribution >= 4 is 24.0 Å². The lowest BCUT2D eigenvalue weighted by atomic mass is 9.97.